The van der Waals surface area contributed by atoms with E-state index in [2.05, 4.69) is 15.3 Å². The first kappa shape index (κ1) is 16.1. The third kappa shape index (κ3) is 2.89. The molecule has 23 heavy (non-hydrogen) atoms. The lowest BCUT2D eigenvalue weighted by atomic mass is 9.61. The van der Waals surface area contributed by atoms with Crippen LogP contribution in [-0.2, 0) is 4.79 Å². The quantitative estimate of drug-likeness (QED) is 0.646. The molecular weight excluding hydrogens is 325 g/mol. The first-order chi connectivity index (χ1) is 10.9. The fraction of sp³-hybridized carbons (Fsp3) is 0.600. The average molecular weight is 342 g/mol. The third-order valence-electron chi connectivity index (χ3n) is 4.97. The summed E-state index contributed by atoms with van der Waals surface area (Å²) in [4.78, 5) is 30.5. The Morgan fingerprint density at radius 3 is 2.39 bits per heavy atom. The maximum absolute atomic E-state index is 14.4. The smallest absolute Gasteiger partial charge is 0.308 e. The van der Waals surface area contributed by atoms with Gasteiger partial charge in [-0.3, -0.25) is 9.59 Å². The highest BCUT2D eigenvalue weighted by Gasteiger charge is 2.47. The molecule has 124 valence electrons. The van der Waals surface area contributed by atoms with Crippen LogP contribution in [0.3, 0.4) is 0 Å². The average Bonchev–Trinajstić information content (AvgIpc) is 2.51. The molecule has 0 spiro atoms. The van der Waals surface area contributed by atoms with Gasteiger partial charge >= 0.3 is 5.97 Å². The highest BCUT2D eigenvalue weighted by Crippen LogP contribution is 2.46. The first-order valence-electron chi connectivity index (χ1n) is 7.61. The number of carboxylic acid groups (broad SMARTS) is 1. The predicted octanol–water partition coefficient (Wildman–Crippen LogP) is 2.77. The molecule has 1 heterocycles. The van der Waals surface area contributed by atoms with E-state index in [9.17, 15) is 19.1 Å². The maximum atomic E-state index is 14.4. The molecule has 2 atom stereocenters. The molecule has 0 radical (unpaired) electrons. The predicted molar refractivity (Wildman–Crippen MR) is 81.0 cm³/mol. The summed E-state index contributed by atoms with van der Waals surface area (Å²) in [6, 6.07) is -0.416. The van der Waals surface area contributed by atoms with Crippen LogP contribution in [0.5, 0.6) is 0 Å². The summed E-state index contributed by atoms with van der Waals surface area (Å²) in [6.45, 7) is 1.19. The molecule has 2 N–H and O–H groups in total. The van der Waals surface area contributed by atoms with Gasteiger partial charge in [-0.2, -0.15) is 4.98 Å². The van der Waals surface area contributed by atoms with Crippen molar-refractivity contribution in [1.82, 2.24) is 9.97 Å². The van der Waals surface area contributed by atoms with Crippen LogP contribution in [0, 0.1) is 23.6 Å². The number of halogens is 2. The lowest BCUT2D eigenvalue weighted by Crippen LogP contribution is -2.51. The van der Waals surface area contributed by atoms with E-state index in [1.54, 1.807) is 0 Å². The summed E-state index contributed by atoms with van der Waals surface area (Å²) in [6.07, 6.45) is 3.58. The summed E-state index contributed by atoms with van der Waals surface area (Å²) in [5.41, 5.74) is -0.389. The molecule has 6 nitrogen and oxygen atoms in total. The van der Waals surface area contributed by atoms with Crippen LogP contribution in [0.1, 0.15) is 43.1 Å². The van der Waals surface area contributed by atoms with Gasteiger partial charge in [0.2, 0.25) is 5.28 Å². The lowest BCUT2D eigenvalue weighted by molar-refractivity contribution is -0.148. The summed E-state index contributed by atoms with van der Waals surface area (Å²) >= 11 is 5.76. The zero-order valence-corrected chi connectivity index (χ0v) is 13.3. The van der Waals surface area contributed by atoms with Gasteiger partial charge in [0, 0.05) is 13.0 Å². The first-order valence-corrected chi connectivity index (χ1v) is 7.99. The Morgan fingerprint density at radius 1 is 1.22 bits per heavy atom. The van der Waals surface area contributed by atoms with Crippen LogP contribution in [-0.4, -0.2) is 32.9 Å². The maximum Gasteiger partial charge on any atom is 0.308 e. The second-order valence-electron chi connectivity index (χ2n) is 6.27. The zero-order valence-electron chi connectivity index (χ0n) is 12.6. The molecule has 1 aromatic rings. The van der Waals surface area contributed by atoms with E-state index < -0.39 is 29.5 Å². The number of nitrogens with zero attached hydrogens (tertiary/aromatic N) is 2. The fourth-order valence-electron chi connectivity index (χ4n) is 3.92. The Labute approximate surface area is 137 Å². The number of anilines is 1. The van der Waals surface area contributed by atoms with Gasteiger partial charge in [0.1, 0.15) is 5.69 Å². The van der Waals surface area contributed by atoms with E-state index in [4.69, 9.17) is 11.6 Å². The van der Waals surface area contributed by atoms with Gasteiger partial charge in [-0.05, 0) is 49.1 Å². The van der Waals surface area contributed by atoms with Crippen molar-refractivity contribution >= 4 is 29.2 Å². The van der Waals surface area contributed by atoms with Gasteiger partial charge in [0.05, 0.1) is 5.92 Å². The van der Waals surface area contributed by atoms with Crippen molar-refractivity contribution in [2.45, 2.75) is 38.6 Å². The van der Waals surface area contributed by atoms with Gasteiger partial charge in [-0.15, -0.1) is 0 Å². The van der Waals surface area contributed by atoms with Crippen LogP contribution in [0.25, 0.3) is 0 Å². The number of hydrogen-bond acceptors (Lipinski definition) is 5. The van der Waals surface area contributed by atoms with Gasteiger partial charge < -0.3 is 10.4 Å². The largest absolute Gasteiger partial charge is 0.481 e. The van der Waals surface area contributed by atoms with Crippen LogP contribution < -0.4 is 5.32 Å². The Bertz CT molecular complexity index is 662. The molecule has 2 bridgehead atoms. The second-order valence-corrected chi connectivity index (χ2v) is 6.61. The number of hydrogen-bond donors (Lipinski definition) is 2. The van der Waals surface area contributed by atoms with Crippen molar-refractivity contribution in [3.8, 4) is 0 Å². The molecule has 0 saturated heterocycles. The van der Waals surface area contributed by atoms with Crippen molar-refractivity contribution < 1.29 is 19.1 Å². The van der Waals surface area contributed by atoms with E-state index in [0.717, 1.165) is 25.7 Å². The van der Waals surface area contributed by atoms with E-state index >= 15 is 0 Å². The number of carbonyl (C=O) groups is 2. The number of carboxylic acids is 1. The van der Waals surface area contributed by atoms with Gasteiger partial charge in [-0.25, -0.2) is 9.37 Å². The van der Waals surface area contributed by atoms with Crippen LogP contribution >= 0.6 is 11.6 Å². The molecule has 3 fully saturated rings. The van der Waals surface area contributed by atoms with Crippen molar-refractivity contribution in [2.75, 3.05) is 5.32 Å². The fourth-order valence-corrected chi connectivity index (χ4v) is 4.09. The number of aliphatic carboxylic acids is 1. The van der Waals surface area contributed by atoms with Gasteiger partial charge in [0.15, 0.2) is 17.4 Å². The van der Waals surface area contributed by atoms with Crippen molar-refractivity contribution in [2.24, 2.45) is 17.8 Å². The normalized spacial score (nSPS) is 29.3. The number of nitrogens with one attached hydrogen (secondary N) is 1. The Hall–Kier alpha value is -1.76. The minimum atomic E-state index is -0.885. The molecule has 8 heteroatoms. The number of Topliss-reactive ketones (excluding diaryl/α,β-unsaturated/α-hetero) is 1. The van der Waals surface area contributed by atoms with E-state index in [1.165, 1.54) is 6.92 Å². The highest BCUT2D eigenvalue weighted by atomic mass is 35.5. The number of ketones is 1. The molecule has 2 unspecified atom stereocenters. The Morgan fingerprint density at radius 2 is 1.83 bits per heavy atom. The number of fused-ring (bicyclic) bond motifs is 3. The third-order valence-corrected chi connectivity index (χ3v) is 5.13. The van der Waals surface area contributed by atoms with Crippen molar-refractivity contribution in [3.05, 3.63) is 16.8 Å². The van der Waals surface area contributed by atoms with Gasteiger partial charge in [-0.1, -0.05) is 0 Å². The zero-order chi connectivity index (χ0) is 16.7. The highest BCUT2D eigenvalue weighted by molar-refractivity contribution is 6.28. The SMILES string of the molecule is CC(=O)c1nc(Cl)nc(NC2C3CCC(CC3)C2C(=O)O)c1F. The molecule has 3 aliphatic rings. The summed E-state index contributed by atoms with van der Waals surface area (Å²) in [5, 5.41) is 12.2. The summed E-state index contributed by atoms with van der Waals surface area (Å²) in [7, 11) is 0. The number of rotatable bonds is 4. The van der Waals surface area contributed by atoms with Crippen LogP contribution in [0.15, 0.2) is 0 Å². The summed E-state index contributed by atoms with van der Waals surface area (Å²) in [5.74, 6) is -2.88. The molecular formula is C15H17ClFN3O3. The minimum absolute atomic E-state index is 0.0858. The molecule has 0 aromatic carbocycles. The van der Waals surface area contributed by atoms with Crippen molar-refractivity contribution in [3.63, 3.8) is 0 Å². The second kappa shape index (κ2) is 6.03. The minimum Gasteiger partial charge on any atom is -0.481 e. The monoisotopic (exact) mass is 341 g/mol. The van der Waals surface area contributed by atoms with Crippen molar-refractivity contribution in [1.29, 1.82) is 0 Å². The van der Waals surface area contributed by atoms with E-state index in [1.807, 2.05) is 0 Å². The van der Waals surface area contributed by atoms with E-state index in [-0.39, 0.29) is 28.6 Å². The standard InChI is InChI=1S/C15H17ClFN3O3/c1-6(21)11-10(17)13(20-15(16)19-11)18-12-8-4-2-7(3-5-8)9(12)14(22)23/h7-9,12H,2-5H2,1H3,(H,22,23)(H,18,19,20). The number of aromatic nitrogens is 2. The lowest BCUT2D eigenvalue weighted by Gasteiger charge is -2.47. The van der Waals surface area contributed by atoms with E-state index in [0.29, 0.717) is 0 Å². The topological polar surface area (TPSA) is 92.2 Å². The van der Waals surface area contributed by atoms with Crippen LogP contribution in [0.4, 0.5) is 10.2 Å². The Kier molecular flexibility index (Phi) is 4.23. The molecule has 1 aromatic heterocycles. The summed E-state index contributed by atoms with van der Waals surface area (Å²) < 4.78 is 14.4. The number of carbonyl (C=O) groups excluding carboxylic acids is 1. The molecule has 0 amide bonds. The molecule has 3 aliphatic carbocycles. The van der Waals surface area contributed by atoms with Crippen LogP contribution in [0.2, 0.25) is 5.28 Å². The van der Waals surface area contributed by atoms with Gasteiger partial charge in [0.25, 0.3) is 0 Å². The Balaban J connectivity index is 1.94. The molecule has 4 rings (SSSR count). The molecule has 0 aliphatic heterocycles. The molecule has 3 saturated carbocycles.